The monoisotopic (exact) mass is 292 g/mol. The number of para-hydroxylation sites is 1. The summed E-state index contributed by atoms with van der Waals surface area (Å²) in [6, 6.07) is 17.3. The lowest BCUT2D eigenvalue weighted by Gasteiger charge is -2.03. The Morgan fingerprint density at radius 3 is 2.23 bits per heavy atom. The van der Waals surface area contributed by atoms with Crippen LogP contribution in [0.15, 0.2) is 54.6 Å². The zero-order valence-corrected chi connectivity index (χ0v) is 12.4. The highest BCUT2D eigenvalue weighted by molar-refractivity contribution is 5.96. The van der Waals surface area contributed by atoms with Crippen LogP contribution in [0.1, 0.15) is 21.6 Å². The van der Waals surface area contributed by atoms with E-state index in [-0.39, 0.29) is 5.56 Å². The molecule has 3 aromatic rings. The second kappa shape index (κ2) is 5.48. The summed E-state index contributed by atoms with van der Waals surface area (Å²) in [5.74, 6) is -0.963. The summed E-state index contributed by atoms with van der Waals surface area (Å²) in [5.41, 5.74) is 4.14. The number of aromatic nitrogens is 2. The van der Waals surface area contributed by atoms with Crippen molar-refractivity contribution in [1.29, 1.82) is 0 Å². The number of hydrogen-bond donors (Lipinski definition) is 1. The highest BCUT2D eigenvalue weighted by Crippen LogP contribution is 2.27. The van der Waals surface area contributed by atoms with Crippen LogP contribution in [0, 0.1) is 13.8 Å². The number of carboxylic acid groups (broad SMARTS) is 1. The van der Waals surface area contributed by atoms with Crippen LogP contribution in [0.4, 0.5) is 0 Å². The molecule has 110 valence electrons. The molecule has 0 aliphatic carbocycles. The van der Waals surface area contributed by atoms with Crippen molar-refractivity contribution < 1.29 is 9.90 Å². The molecular formula is C18H16N2O2. The number of benzene rings is 2. The molecule has 0 bridgehead atoms. The fourth-order valence-electron chi connectivity index (χ4n) is 2.49. The van der Waals surface area contributed by atoms with Crippen molar-refractivity contribution in [3.63, 3.8) is 0 Å². The summed E-state index contributed by atoms with van der Waals surface area (Å²) in [7, 11) is 0. The molecule has 0 saturated heterocycles. The van der Waals surface area contributed by atoms with E-state index in [2.05, 4.69) is 5.10 Å². The fourth-order valence-corrected chi connectivity index (χ4v) is 2.49. The molecule has 3 rings (SSSR count). The van der Waals surface area contributed by atoms with Crippen LogP contribution in [-0.2, 0) is 0 Å². The Kier molecular flexibility index (Phi) is 3.51. The zero-order chi connectivity index (χ0) is 15.7. The topological polar surface area (TPSA) is 55.1 Å². The van der Waals surface area contributed by atoms with Crippen molar-refractivity contribution in [2.75, 3.05) is 0 Å². The maximum atomic E-state index is 11.7. The van der Waals surface area contributed by atoms with Gasteiger partial charge in [0.1, 0.15) is 11.3 Å². The summed E-state index contributed by atoms with van der Waals surface area (Å²) < 4.78 is 1.68. The lowest BCUT2D eigenvalue weighted by molar-refractivity contribution is 0.0697. The Labute approximate surface area is 128 Å². The minimum absolute atomic E-state index is 0.243. The molecule has 0 radical (unpaired) electrons. The van der Waals surface area contributed by atoms with Crippen molar-refractivity contribution >= 4 is 5.97 Å². The third-order valence-corrected chi connectivity index (χ3v) is 3.66. The van der Waals surface area contributed by atoms with Gasteiger partial charge in [0, 0.05) is 5.56 Å². The molecule has 0 spiro atoms. The van der Waals surface area contributed by atoms with Crippen LogP contribution in [0.5, 0.6) is 0 Å². The number of rotatable bonds is 3. The van der Waals surface area contributed by atoms with Gasteiger partial charge in [0.2, 0.25) is 0 Å². The lowest BCUT2D eigenvalue weighted by Crippen LogP contribution is -2.02. The van der Waals surface area contributed by atoms with Gasteiger partial charge in [-0.1, -0.05) is 48.0 Å². The first-order valence-corrected chi connectivity index (χ1v) is 7.03. The van der Waals surface area contributed by atoms with Gasteiger partial charge in [-0.25, -0.2) is 9.48 Å². The fraction of sp³-hybridized carbons (Fsp3) is 0.111. The molecule has 0 amide bonds. The van der Waals surface area contributed by atoms with E-state index < -0.39 is 5.97 Å². The molecule has 4 heteroatoms. The average molecular weight is 292 g/mol. The maximum Gasteiger partial charge on any atom is 0.339 e. The summed E-state index contributed by atoms with van der Waals surface area (Å²) in [6.45, 7) is 3.77. The Morgan fingerprint density at radius 2 is 1.64 bits per heavy atom. The molecule has 0 unspecified atom stereocenters. The van der Waals surface area contributed by atoms with Crippen LogP contribution >= 0.6 is 0 Å². The van der Waals surface area contributed by atoms with Crippen LogP contribution < -0.4 is 0 Å². The first-order valence-electron chi connectivity index (χ1n) is 7.03. The summed E-state index contributed by atoms with van der Waals surface area (Å²) >= 11 is 0. The predicted molar refractivity (Wildman–Crippen MR) is 85.4 cm³/mol. The minimum Gasteiger partial charge on any atom is -0.478 e. The van der Waals surface area contributed by atoms with Gasteiger partial charge in [0.05, 0.1) is 11.4 Å². The number of aromatic carboxylic acids is 1. The highest BCUT2D eigenvalue weighted by Gasteiger charge is 2.22. The lowest BCUT2D eigenvalue weighted by atomic mass is 10.0. The zero-order valence-electron chi connectivity index (χ0n) is 12.4. The quantitative estimate of drug-likeness (QED) is 0.797. The summed E-state index contributed by atoms with van der Waals surface area (Å²) in [6.07, 6.45) is 0. The Hall–Kier alpha value is -2.88. The van der Waals surface area contributed by atoms with Crippen LogP contribution in [0.2, 0.25) is 0 Å². The van der Waals surface area contributed by atoms with Gasteiger partial charge < -0.3 is 5.11 Å². The number of nitrogens with zero attached hydrogens (tertiary/aromatic N) is 2. The molecule has 1 N–H and O–H groups in total. The van der Waals surface area contributed by atoms with Crippen molar-refractivity contribution in [3.05, 3.63) is 71.4 Å². The van der Waals surface area contributed by atoms with E-state index >= 15 is 0 Å². The van der Waals surface area contributed by atoms with Gasteiger partial charge in [-0.05, 0) is 26.0 Å². The van der Waals surface area contributed by atoms with E-state index in [1.54, 1.807) is 11.6 Å². The number of hydrogen-bond acceptors (Lipinski definition) is 2. The van der Waals surface area contributed by atoms with Crippen LogP contribution in [0.3, 0.4) is 0 Å². The molecule has 0 fully saturated rings. The third-order valence-electron chi connectivity index (χ3n) is 3.66. The molecule has 0 saturated carbocycles. The normalized spacial score (nSPS) is 10.6. The van der Waals surface area contributed by atoms with Crippen LogP contribution in [0.25, 0.3) is 16.9 Å². The van der Waals surface area contributed by atoms with E-state index in [0.29, 0.717) is 11.4 Å². The second-order valence-corrected chi connectivity index (χ2v) is 5.23. The average Bonchev–Trinajstić information content (AvgIpc) is 2.86. The maximum absolute atomic E-state index is 11.7. The van der Waals surface area contributed by atoms with Gasteiger partial charge in [-0.3, -0.25) is 0 Å². The molecule has 1 heterocycles. The van der Waals surface area contributed by atoms with Crippen molar-refractivity contribution in [2.45, 2.75) is 13.8 Å². The van der Waals surface area contributed by atoms with E-state index in [1.807, 2.05) is 61.5 Å². The minimum atomic E-state index is -0.963. The van der Waals surface area contributed by atoms with Crippen molar-refractivity contribution in [3.8, 4) is 16.9 Å². The van der Waals surface area contributed by atoms with E-state index in [9.17, 15) is 9.90 Å². The molecule has 2 aromatic carbocycles. The molecular weight excluding hydrogens is 276 g/mol. The summed E-state index contributed by atoms with van der Waals surface area (Å²) in [4.78, 5) is 11.7. The van der Waals surface area contributed by atoms with Crippen molar-refractivity contribution in [2.24, 2.45) is 0 Å². The first kappa shape index (κ1) is 14.1. The Bertz CT molecular complexity index is 818. The SMILES string of the molecule is Cc1ccc(-c2nn(-c3ccccc3)c(C)c2C(=O)O)cc1. The van der Waals surface area contributed by atoms with Gasteiger partial charge in [0.15, 0.2) is 0 Å². The summed E-state index contributed by atoms with van der Waals surface area (Å²) in [5, 5.41) is 14.1. The van der Waals surface area contributed by atoms with Crippen molar-refractivity contribution in [1.82, 2.24) is 9.78 Å². The molecule has 1 aromatic heterocycles. The van der Waals surface area contributed by atoms with E-state index in [1.165, 1.54) is 0 Å². The molecule has 0 atom stereocenters. The molecule has 0 aliphatic rings. The number of aryl methyl sites for hydroxylation is 1. The largest absolute Gasteiger partial charge is 0.478 e. The second-order valence-electron chi connectivity index (χ2n) is 5.23. The highest BCUT2D eigenvalue weighted by atomic mass is 16.4. The van der Waals surface area contributed by atoms with E-state index in [4.69, 9.17) is 0 Å². The van der Waals surface area contributed by atoms with Gasteiger partial charge in [-0.2, -0.15) is 5.10 Å². The van der Waals surface area contributed by atoms with Gasteiger partial charge >= 0.3 is 5.97 Å². The Balaban J connectivity index is 2.22. The van der Waals surface area contributed by atoms with Gasteiger partial charge in [0.25, 0.3) is 0 Å². The van der Waals surface area contributed by atoms with Crippen LogP contribution in [-0.4, -0.2) is 20.9 Å². The smallest absolute Gasteiger partial charge is 0.339 e. The molecule has 0 aliphatic heterocycles. The standard InChI is InChI=1S/C18H16N2O2/c1-12-8-10-14(11-9-12)17-16(18(21)22)13(2)20(19-17)15-6-4-3-5-7-15/h3-11H,1-2H3,(H,21,22). The number of carbonyl (C=O) groups is 1. The molecule has 22 heavy (non-hydrogen) atoms. The first-order chi connectivity index (χ1) is 10.6. The van der Waals surface area contributed by atoms with Gasteiger partial charge in [-0.15, -0.1) is 0 Å². The third kappa shape index (κ3) is 2.39. The van der Waals surface area contributed by atoms with E-state index in [0.717, 1.165) is 16.8 Å². The number of carboxylic acids is 1. The predicted octanol–water partition coefficient (Wildman–Crippen LogP) is 3.85. The molecule has 4 nitrogen and oxygen atoms in total. The Morgan fingerprint density at radius 1 is 1.00 bits per heavy atom.